The van der Waals surface area contributed by atoms with Gasteiger partial charge in [-0.1, -0.05) is 12.1 Å². The van der Waals surface area contributed by atoms with Gasteiger partial charge in [0.05, 0.1) is 9.75 Å². The second kappa shape index (κ2) is 4.47. The van der Waals surface area contributed by atoms with Crippen molar-refractivity contribution in [2.24, 2.45) is 0 Å². The molecule has 3 nitrogen and oxygen atoms in total. The highest BCUT2D eigenvalue weighted by Gasteiger charge is 2.17. The smallest absolute Gasteiger partial charge is 0.221 e. The largest absolute Gasteiger partial charge is 0.368 e. The van der Waals surface area contributed by atoms with Crippen molar-refractivity contribution < 1.29 is 4.39 Å². The summed E-state index contributed by atoms with van der Waals surface area (Å²) >= 11 is 2.84. The van der Waals surface area contributed by atoms with Crippen molar-refractivity contribution in [2.75, 3.05) is 5.73 Å². The fraction of sp³-hybridized carbons (Fsp3) is 0. The average molecular weight is 277 g/mol. The number of rotatable bonds is 2. The Kier molecular flexibility index (Phi) is 2.81. The first-order valence-corrected chi connectivity index (χ1v) is 6.92. The quantitative estimate of drug-likeness (QED) is 0.777. The molecule has 3 aromatic rings. The van der Waals surface area contributed by atoms with E-state index in [1.165, 1.54) is 22.7 Å². The summed E-state index contributed by atoms with van der Waals surface area (Å²) in [7, 11) is 0. The van der Waals surface area contributed by atoms with Crippen molar-refractivity contribution in [3.8, 4) is 21.1 Å². The first-order chi connectivity index (χ1) is 8.75. The molecule has 3 heterocycles. The van der Waals surface area contributed by atoms with E-state index >= 15 is 0 Å². The van der Waals surface area contributed by atoms with Crippen molar-refractivity contribution >= 4 is 28.6 Å². The van der Waals surface area contributed by atoms with Gasteiger partial charge in [-0.05, 0) is 22.9 Å². The van der Waals surface area contributed by atoms with Crippen LogP contribution >= 0.6 is 22.7 Å². The lowest BCUT2D eigenvalue weighted by Gasteiger charge is -2.05. The molecule has 3 rings (SSSR count). The average Bonchev–Trinajstić information content (AvgIpc) is 3.02. The molecular weight excluding hydrogens is 269 g/mol. The number of anilines is 1. The number of aromatic nitrogens is 2. The van der Waals surface area contributed by atoms with Crippen LogP contribution in [0.5, 0.6) is 0 Å². The van der Waals surface area contributed by atoms with Crippen molar-refractivity contribution in [2.45, 2.75) is 0 Å². The van der Waals surface area contributed by atoms with Gasteiger partial charge < -0.3 is 5.73 Å². The molecular formula is C12H8FN3S2. The Bertz CT molecular complexity index is 607. The normalized spacial score (nSPS) is 10.7. The Balaban J connectivity index is 2.23. The third kappa shape index (κ3) is 1.89. The molecule has 0 aliphatic rings. The molecule has 0 unspecified atom stereocenters. The molecule has 0 aromatic carbocycles. The molecule has 18 heavy (non-hydrogen) atoms. The van der Waals surface area contributed by atoms with E-state index in [2.05, 4.69) is 9.97 Å². The number of nitrogens with two attached hydrogens (primary N) is 1. The van der Waals surface area contributed by atoms with E-state index in [-0.39, 0.29) is 17.3 Å². The molecule has 6 heteroatoms. The van der Waals surface area contributed by atoms with Crippen LogP contribution < -0.4 is 5.73 Å². The third-order valence-corrected chi connectivity index (χ3v) is 4.13. The van der Waals surface area contributed by atoms with Gasteiger partial charge in [0.1, 0.15) is 11.4 Å². The Morgan fingerprint density at radius 3 is 1.83 bits per heavy atom. The van der Waals surface area contributed by atoms with Crippen molar-refractivity contribution in [3.63, 3.8) is 0 Å². The van der Waals surface area contributed by atoms with Crippen LogP contribution in [0.25, 0.3) is 21.1 Å². The second-order valence-corrected chi connectivity index (χ2v) is 5.44. The van der Waals surface area contributed by atoms with Gasteiger partial charge >= 0.3 is 0 Å². The molecule has 0 atom stereocenters. The molecule has 0 aliphatic heterocycles. The fourth-order valence-corrected chi connectivity index (χ4v) is 3.03. The fourth-order valence-electron chi connectivity index (χ4n) is 1.62. The van der Waals surface area contributed by atoms with Crippen LogP contribution in [-0.2, 0) is 0 Å². The lowest BCUT2D eigenvalue weighted by atomic mass is 10.2. The van der Waals surface area contributed by atoms with Crippen LogP contribution in [0.1, 0.15) is 0 Å². The highest BCUT2D eigenvalue weighted by atomic mass is 32.1. The topological polar surface area (TPSA) is 51.8 Å². The Morgan fingerprint density at radius 2 is 1.44 bits per heavy atom. The van der Waals surface area contributed by atoms with E-state index in [0.717, 1.165) is 9.75 Å². The molecule has 0 bridgehead atoms. The molecule has 0 saturated heterocycles. The summed E-state index contributed by atoms with van der Waals surface area (Å²) in [5.74, 6) is -0.336. The van der Waals surface area contributed by atoms with E-state index < -0.39 is 5.82 Å². The number of nitrogen functional groups attached to an aromatic ring is 1. The van der Waals surface area contributed by atoms with Gasteiger partial charge in [0.2, 0.25) is 5.95 Å². The lowest BCUT2D eigenvalue weighted by Crippen LogP contribution is -2.01. The maximum absolute atomic E-state index is 14.4. The molecule has 0 saturated carbocycles. The van der Waals surface area contributed by atoms with Gasteiger partial charge in [-0.25, -0.2) is 14.4 Å². The molecule has 2 N–H and O–H groups in total. The van der Waals surface area contributed by atoms with E-state index in [0.29, 0.717) is 0 Å². The number of thiophene rings is 2. The van der Waals surface area contributed by atoms with E-state index in [1.54, 1.807) is 0 Å². The molecule has 90 valence electrons. The van der Waals surface area contributed by atoms with E-state index in [9.17, 15) is 4.39 Å². The van der Waals surface area contributed by atoms with Gasteiger partial charge in [0, 0.05) is 0 Å². The zero-order chi connectivity index (χ0) is 12.5. The monoisotopic (exact) mass is 277 g/mol. The summed E-state index contributed by atoms with van der Waals surface area (Å²) in [5, 5.41) is 3.75. The van der Waals surface area contributed by atoms with Gasteiger partial charge in [-0.3, -0.25) is 0 Å². The van der Waals surface area contributed by atoms with Crippen LogP contribution in [-0.4, -0.2) is 9.97 Å². The predicted octanol–water partition coefficient (Wildman–Crippen LogP) is 3.65. The SMILES string of the molecule is Nc1nc(-c2cccs2)c(F)c(-c2cccs2)n1. The molecule has 0 spiro atoms. The maximum atomic E-state index is 14.4. The second-order valence-electron chi connectivity index (χ2n) is 3.55. The first-order valence-electron chi connectivity index (χ1n) is 5.16. The third-order valence-electron chi connectivity index (χ3n) is 2.38. The van der Waals surface area contributed by atoms with Crippen LogP contribution in [0, 0.1) is 5.82 Å². The lowest BCUT2D eigenvalue weighted by molar-refractivity contribution is 0.624. The summed E-state index contributed by atoms with van der Waals surface area (Å²) in [6.45, 7) is 0. The minimum Gasteiger partial charge on any atom is -0.368 e. The first kappa shape index (κ1) is 11.3. The number of halogens is 1. The molecule has 0 fully saturated rings. The van der Waals surface area contributed by atoms with E-state index in [4.69, 9.17) is 5.73 Å². The zero-order valence-electron chi connectivity index (χ0n) is 9.13. The van der Waals surface area contributed by atoms with Crippen LogP contribution in [0.2, 0.25) is 0 Å². The minimum absolute atomic E-state index is 0.0863. The Hall–Kier alpha value is -1.79. The highest BCUT2D eigenvalue weighted by molar-refractivity contribution is 7.14. The zero-order valence-corrected chi connectivity index (χ0v) is 10.8. The van der Waals surface area contributed by atoms with Crippen LogP contribution in [0.3, 0.4) is 0 Å². The molecule has 0 aliphatic carbocycles. The van der Waals surface area contributed by atoms with Crippen LogP contribution in [0.15, 0.2) is 35.0 Å². The summed E-state index contributed by atoms with van der Waals surface area (Å²) in [5.41, 5.74) is 6.19. The Labute approximate surface area is 111 Å². The summed E-state index contributed by atoms with van der Waals surface area (Å²) in [6.07, 6.45) is 0. The van der Waals surface area contributed by atoms with Crippen molar-refractivity contribution in [1.82, 2.24) is 9.97 Å². The van der Waals surface area contributed by atoms with Crippen molar-refractivity contribution in [3.05, 3.63) is 40.8 Å². The summed E-state index contributed by atoms with van der Waals surface area (Å²) in [4.78, 5) is 9.48. The van der Waals surface area contributed by atoms with Gasteiger partial charge in [0.25, 0.3) is 0 Å². The van der Waals surface area contributed by atoms with Gasteiger partial charge in [-0.2, -0.15) is 0 Å². The molecule has 0 amide bonds. The number of nitrogens with zero attached hydrogens (tertiary/aromatic N) is 2. The van der Waals surface area contributed by atoms with Gasteiger partial charge in [-0.15, -0.1) is 22.7 Å². The molecule has 0 radical (unpaired) electrons. The van der Waals surface area contributed by atoms with E-state index in [1.807, 2.05) is 35.0 Å². The summed E-state index contributed by atoms with van der Waals surface area (Å²) in [6, 6.07) is 7.33. The highest BCUT2D eigenvalue weighted by Crippen LogP contribution is 2.33. The van der Waals surface area contributed by atoms with Crippen LogP contribution in [0.4, 0.5) is 10.3 Å². The predicted molar refractivity (Wildman–Crippen MR) is 73.0 cm³/mol. The van der Waals surface area contributed by atoms with Crippen molar-refractivity contribution in [1.29, 1.82) is 0 Å². The molecule has 3 aromatic heterocycles. The standard InChI is InChI=1S/C12H8FN3S2/c13-9-10(7-3-1-5-17-7)15-12(14)16-11(9)8-4-2-6-18-8/h1-6H,(H2,14,15,16). The summed E-state index contributed by atoms with van der Waals surface area (Å²) < 4.78 is 14.4. The number of hydrogen-bond acceptors (Lipinski definition) is 5. The number of hydrogen-bond donors (Lipinski definition) is 1. The van der Waals surface area contributed by atoms with Gasteiger partial charge in [0.15, 0.2) is 5.82 Å². The maximum Gasteiger partial charge on any atom is 0.221 e. The Morgan fingerprint density at radius 1 is 0.944 bits per heavy atom. The minimum atomic E-state index is -0.422.